The van der Waals surface area contributed by atoms with Crippen LogP contribution in [0.1, 0.15) is 47.2 Å². The molecule has 7 heteroatoms. The zero-order chi connectivity index (χ0) is 25.0. The predicted octanol–water partition coefficient (Wildman–Crippen LogP) is 6.34. The Labute approximate surface area is 203 Å². The number of unbranched alkanes of at least 4 members (excludes halogenated alkanes) is 1. The summed E-state index contributed by atoms with van der Waals surface area (Å²) in [5.74, 6) is -1.39. The standard InChI is InChI=1S/C28H29FO6/c29-25-9-2-3-10-26(25)35-24-8-5-7-22(17-24)19-34-18-21(6-1-4-11-27(30)31)16-20-12-14-23(15-13-20)28(32)33/h2-3,5,7-10,12-15,17,21H,1,4,6,11,16,18-19H2,(H,30,31)(H,32,33). The second kappa shape index (κ2) is 13.2. The van der Waals surface area contributed by atoms with Crippen molar-refractivity contribution in [1.82, 2.24) is 0 Å². The Bertz CT molecular complexity index is 1110. The number of carbonyl (C=O) groups is 2. The topological polar surface area (TPSA) is 93.1 Å². The first kappa shape index (κ1) is 25.9. The first-order valence-electron chi connectivity index (χ1n) is 11.5. The normalized spacial score (nSPS) is 11.7. The molecule has 0 aliphatic heterocycles. The second-order valence-corrected chi connectivity index (χ2v) is 8.41. The van der Waals surface area contributed by atoms with Crippen molar-refractivity contribution in [1.29, 1.82) is 0 Å². The molecule has 0 bridgehead atoms. The Morgan fingerprint density at radius 3 is 2.37 bits per heavy atom. The van der Waals surface area contributed by atoms with Crippen LogP contribution in [-0.4, -0.2) is 28.8 Å². The Morgan fingerprint density at radius 1 is 0.886 bits per heavy atom. The molecule has 0 amide bonds. The molecular formula is C28H29FO6. The van der Waals surface area contributed by atoms with Crippen LogP contribution < -0.4 is 4.74 Å². The highest BCUT2D eigenvalue weighted by atomic mass is 19.1. The molecule has 0 spiro atoms. The van der Waals surface area contributed by atoms with E-state index >= 15 is 0 Å². The van der Waals surface area contributed by atoms with Crippen LogP contribution in [0.4, 0.5) is 4.39 Å². The van der Waals surface area contributed by atoms with Crippen molar-refractivity contribution < 1.29 is 33.7 Å². The van der Waals surface area contributed by atoms with Gasteiger partial charge in [-0.25, -0.2) is 9.18 Å². The van der Waals surface area contributed by atoms with Crippen molar-refractivity contribution >= 4 is 11.9 Å². The van der Waals surface area contributed by atoms with Gasteiger partial charge in [0.25, 0.3) is 0 Å². The monoisotopic (exact) mass is 480 g/mol. The molecule has 1 unspecified atom stereocenters. The van der Waals surface area contributed by atoms with Crippen LogP contribution >= 0.6 is 0 Å². The molecule has 0 aromatic heterocycles. The van der Waals surface area contributed by atoms with Crippen LogP contribution in [0.2, 0.25) is 0 Å². The zero-order valence-electron chi connectivity index (χ0n) is 19.4. The van der Waals surface area contributed by atoms with E-state index in [-0.39, 0.29) is 23.7 Å². The number of carboxylic acid groups (broad SMARTS) is 2. The van der Waals surface area contributed by atoms with Crippen LogP contribution in [0.25, 0.3) is 0 Å². The summed E-state index contributed by atoms with van der Waals surface area (Å²) in [6.45, 7) is 0.810. The molecule has 35 heavy (non-hydrogen) atoms. The first-order chi connectivity index (χ1) is 16.9. The molecule has 3 aromatic carbocycles. The van der Waals surface area contributed by atoms with Gasteiger partial charge in [0.05, 0.1) is 18.8 Å². The van der Waals surface area contributed by atoms with Gasteiger partial charge in [-0.3, -0.25) is 4.79 Å². The van der Waals surface area contributed by atoms with Gasteiger partial charge in [0.2, 0.25) is 0 Å². The molecule has 3 rings (SSSR count). The smallest absolute Gasteiger partial charge is 0.335 e. The van der Waals surface area contributed by atoms with Gasteiger partial charge in [0.1, 0.15) is 5.75 Å². The summed E-state index contributed by atoms with van der Waals surface area (Å²) in [5, 5.41) is 18.0. The number of aliphatic carboxylic acids is 1. The minimum Gasteiger partial charge on any atom is -0.481 e. The number of aromatic carboxylic acids is 1. The fraction of sp³-hybridized carbons (Fsp3) is 0.286. The number of rotatable bonds is 14. The maximum Gasteiger partial charge on any atom is 0.335 e. The van der Waals surface area contributed by atoms with E-state index in [1.54, 1.807) is 54.6 Å². The number of para-hydroxylation sites is 1. The average Bonchev–Trinajstić information content (AvgIpc) is 2.83. The third-order valence-electron chi connectivity index (χ3n) is 5.56. The van der Waals surface area contributed by atoms with Crippen LogP contribution in [0.3, 0.4) is 0 Å². The van der Waals surface area contributed by atoms with E-state index in [4.69, 9.17) is 19.7 Å². The van der Waals surface area contributed by atoms with Gasteiger partial charge in [-0.05, 0) is 72.7 Å². The summed E-state index contributed by atoms with van der Waals surface area (Å²) < 4.78 is 25.5. The van der Waals surface area contributed by atoms with Crippen molar-refractivity contribution in [3.05, 3.63) is 95.3 Å². The van der Waals surface area contributed by atoms with E-state index in [9.17, 15) is 14.0 Å². The van der Waals surface area contributed by atoms with Crippen molar-refractivity contribution in [2.24, 2.45) is 5.92 Å². The number of hydrogen-bond donors (Lipinski definition) is 2. The Kier molecular flexibility index (Phi) is 9.80. The lowest BCUT2D eigenvalue weighted by molar-refractivity contribution is -0.137. The molecule has 184 valence electrons. The third kappa shape index (κ3) is 8.87. The van der Waals surface area contributed by atoms with Crippen molar-refractivity contribution in [2.45, 2.75) is 38.7 Å². The predicted molar refractivity (Wildman–Crippen MR) is 129 cm³/mol. The molecule has 0 saturated carbocycles. The molecule has 0 radical (unpaired) electrons. The van der Waals surface area contributed by atoms with Gasteiger partial charge < -0.3 is 19.7 Å². The first-order valence-corrected chi connectivity index (χ1v) is 11.5. The number of ether oxygens (including phenoxy) is 2. The highest BCUT2D eigenvalue weighted by molar-refractivity contribution is 5.87. The molecule has 6 nitrogen and oxygen atoms in total. The molecule has 3 aromatic rings. The molecule has 1 atom stereocenters. The number of halogens is 1. The van der Waals surface area contributed by atoms with Crippen molar-refractivity contribution in [2.75, 3.05) is 6.61 Å². The maximum atomic E-state index is 13.9. The van der Waals surface area contributed by atoms with Gasteiger partial charge in [-0.1, -0.05) is 42.8 Å². The average molecular weight is 481 g/mol. The summed E-state index contributed by atoms with van der Waals surface area (Å²) >= 11 is 0. The third-order valence-corrected chi connectivity index (χ3v) is 5.56. The number of benzene rings is 3. The Hall–Kier alpha value is -3.71. The highest BCUT2D eigenvalue weighted by Crippen LogP contribution is 2.25. The lowest BCUT2D eigenvalue weighted by Crippen LogP contribution is -2.13. The van der Waals surface area contributed by atoms with E-state index in [1.165, 1.54) is 6.07 Å². The van der Waals surface area contributed by atoms with E-state index in [0.717, 1.165) is 24.0 Å². The van der Waals surface area contributed by atoms with E-state index < -0.39 is 17.8 Å². The molecule has 2 N–H and O–H groups in total. The van der Waals surface area contributed by atoms with Gasteiger partial charge in [-0.2, -0.15) is 0 Å². The van der Waals surface area contributed by atoms with Crippen LogP contribution in [0, 0.1) is 11.7 Å². The quantitative estimate of drug-likeness (QED) is 0.262. The molecular weight excluding hydrogens is 451 g/mol. The summed E-state index contributed by atoms with van der Waals surface area (Å²) in [7, 11) is 0. The van der Waals surface area contributed by atoms with E-state index in [0.29, 0.717) is 31.8 Å². The van der Waals surface area contributed by atoms with Crippen LogP contribution in [0.15, 0.2) is 72.8 Å². The molecule has 0 heterocycles. The number of carboxylic acids is 2. The number of hydrogen-bond acceptors (Lipinski definition) is 4. The molecule has 0 fully saturated rings. The summed E-state index contributed by atoms with van der Waals surface area (Å²) in [5.41, 5.74) is 2.12. The largest absolute Gasteiger partial charge is 0.481 e. The van der Waals surface area contributed by atoms with Gasteiger partial charge in [0.15, 0.2) is 11.6 Å². The highest BCUT2D eigenvalue weighted by Gasteiger charge is 2.13. The van der Waals surface area contributed by atoms with E-state index in [2.05, 4.69) is 0 Å². The van der Waals surface area contributed by atoms with Crippen molar-refractivity contribution in [3.63, 3.8) is 0 Å². The lowest BCUT2D eigenvalue weighted by Gasteiger charge is -2.18. The van der Waals surface area contributed by atoms with Gasteiger partial charge in [0, 0.05) is 6.42 Å². The summed E-state index contributed by atoms with van der Waals surface area (Å²) in [4.78, 5) is 21.9. The summed E-state index contributed by atoms with van der Waals surface area (Å²) in [6.07, 6.45) is 2.99. The molecule has 0 aliphatic rings. The fourth-order valence-corrected chi connectivity index (χ4v) is 3.77. The van der Waals surface area contributed by atoms with Gasteiger partial charge in [-0.15, -0.1) is 0 Å². The lowest BCUT2D eigenvalue weighted by atomic mass is 9.94. The minimum atomic E-state index is -0.966. The minimum absolute atomic E-state index is 0.135. The Morgan fingerprint density at radius 2 is 1.66 bits per heavy atom. The summed E-state index contributed by atoms with van der Waals surface area (Å²) in [6, 6.07) is 20.3. The van der Waals surface area contributed by atoms with Gasteiger partial charge >= 0.3 is 11.9 Å². The molecule has 0 aliphatic carbocycles. The second-order valence-electron chi connectivity index (χ2n) is 8.41. The Balaban J connectivity index is 1.57. The van der Waals surface area contributed by atoms with E-state index in [1.807, 2.05) is 12.1 Å². The van der Waals surface area contributed by atoms with Crippen LogP contribution in [-0.2, 0) is 22.6 Å². The van der Waals surface area contributed by atoms with Crippen molar-refractivity contribution in [3.8, 4) is 11.5 Å². The maximum absolute atomic E-state index is 13.9. The molecule has 0 saturated heterocycles. The fourth-order valence-electron chi connectivity index (χ4n) is 3.77. The SMILES string of the molecule is O=C(O)CCCCC(COCc1cccc(Oc2ccccc2F)c1)Cc1ccc(C(=O)O)cc1. The van der Waals surface area contributed by atoms with Crippen LogP contribution in [0.5, 0.6) is 11.5 Å². The zero-order valence-corrected chi connectivity index (χ0v) is 19.4.